The van der Waals surface area contributed by atoms with Gasteiger partial charge in [0, 0.05) is 22.7 Å². The lowest BCUT2D eigenvalue weighted by molar-refractivity contribution is -0.384. The van der Waals surface area contributed by atoms with E-state index in [1.807, 2.05) is 6.07 Å². The lowest BCUT2D eigenvalue weighted by atomic mass is 10.2. The van der Waals surface area contributed by atoms with Gasteiger partial charge in [-0.1, -0.05) is 0 Å². The monoisotopic (exact) mass is 360 g/mol. The number of nitro groups is 1. The van der Waals surface area contributed by atoms with Gasteiger partial charge < -0.3 is 10.1 Å². The summed E-state index contributed by atoms with van der Waals surface area (Å²) >= 11 is 1.42. The SMILES string of the molecule is Cc1cc([N+](=O)[O-])ccc1NC(=O)COC(=O)c1cc2c(s1)CCC2. The first kappa shape index (κ1) is 17.1. The van der Waals surface area contributed by atoms with E-state index >= 15 is 0 Å². The number of carbonyl (C=O) groups excluding carboxylic acids is 2. The number of thiophene rings is 1. The van der Waals surface area contributed by atoms with Crippen molar-refractivity contribution in [2.75, 3.05) is 11.9 Å². The molecule has 130 valence electrons. The Balaban J connectivity index is 1.55. The molecule has 7 nitrogen and oxygen atoms in total. The number of nitrogens with one attached hydrogen (secondary N) is 1. The number of rotatable bonds is 5. The van der Waals surface area contributed by atoms with Crippen LogP contribution in [0.15, 0.2) is 24.3 Å². The number of esters is 1. The van der Waals surface area contributed by atoms with E-state index in [0.717, 1.165) is 19.3 Å². The highest BCUT2D eigenvalue weighted by atomic mass is 32.1. The van der Waals surface area contributed by atoms with Crippen molar-refractivity contribution in [3.05, 3.63) is 55.3 Å². The number of aryl methyl sites for hydroxylation is 3. The van der Waals surface area contributed by atoms with Crippen molar-refractivity contribution in [1.82, 2.24) is 0 Å². The number of hydrogen-bond donors (Lipinski definition) is 1. The van der Waals surface area contributed by atoms with Crippen molar-refractivity contribution in [1.29, 1.82) is 0 Å². The molecule has 0 atom stereocenters. The summed E-state index contributed by atoms with van der Waals surface area (Å²) in [6.45, 7) is 1.25. The van der Waals surface area contributed by atoms with Crippen molar-refractivity contribution in [2.24, 2.45) is 0 Å². The number of anilines is 1. The van der Waals surface area contributed by atoms with Gasteiger partial charge in [0.25, 0.3) is 11.6 Å². The fourth-order valence-corrected chi connectivity index (χ4v) is 3.87. The van der Waals surface area contributed by atoms with E-state index in [4.69, 9.17) is 4.74 Å². The van der Waals surface area contributed by atoms with Crippen LogP contribution in [0.25, 0.3) is 0 Å². The quantitative estimate of drug-likeness (QED) is 0.501. The van der Waals surface area contributed by atoms with E-state index in [0.29, 0.717) is 16.1 Å². The van der Waals surface area contributed by atoms with E-state index in [1.54, 1.807) is 6.92 Å². The van der Waals surface area contributed by atoms with Gasteiger partial charge >= 0.3 is 5.97 Å². The Labute approximate surface area is 147 Å². The maximum atomic E-state index is 12.0. The molecule has 1 amide bonds. The highest BCUT2D eigenvalue weighted by Gasteiger charge is 2.20. The predicted molar refractivity (Wildman–Crippen MR) is 93.1 cm³/mol. The first-order valence-electron chi connectivity index (χ1n) is 7.77. The topological polar surface area (TPSA) is 98.5 Å². The minimum Gasteiger partial charge on any atom is -0.451 e. The van der Waals surface area contributed by atoms with Gasteiger partial charge in [0.05, 0.1) is 4.92 Å². The summed E-state index contributed by atoms with van der Waals surface area (Å²) < 4.78 is 5.05. The number of fused-ring (bicyclic) bond motifs is 1. The van der Waals surface area contributed by atoms with E-state index in [-0.39, 0.29) is 5.69 Å². The number of benzene rings is 1. The molecule has 1 N–H and O–H groups in total. The van der Waals surface area contributed by atoms with Crippen molar-refractivity contribution in [2.45, 2.75) is 26.2 Å². The smallest absolute Gasteiger partial charge is 0.348 e. The van der Waals surface area contributed by atoms with Crippen molar-refractivity contribution in [3.8, 4) is 0 Å². The molecule has 1 aliphatic rings. The van der Waals surface area contributed by atoms with Crippen LogP contribution in [-0.4, -0.2) is 23.4 Å². The van der Waals surface area contributed by atoms with E-state index < -0.39 is 23.4 Å². The van der Waals surface area contributed by atoms with Gasteiger partial charge in [-0.05, 0) is 49.4 Å². The number of non-ortho nitro benzene ring substituents is 1. The maximum absolute atomic E-state index is 12.0. The largest absolute Gasteiger partial charge is 0.451 e. The number of nitrogens with zero attached hydrogens (tertiary/aromatic N) is 1. The summed E-state index contributed by atoms with van der Waals surface area (Å²) in [6, 6.07) is 5.97. The second kappa shape index (κ2) is 7.02. The fourth-order valence-electron chi connectivity index (χ4n) is 2.72. The lowest BCUT2D eigenvalue weighted by Gasteiger charge is -2.08. The molecule has 0 aliphatic heterocycles. The molecule has 1 aromatic heterocycles. The molecule has 0 spiro atoms. The summed E-state index contributed by atoms with van der Waals surface area (Å²) in [5.74, 6) is -0.996. The first-order valence-corrected chi connectivity index (χ1v) is 8.59. The zero-order chi connectivity index (χ0) is 18.0. The molecule has 0 saturated carbocycles. The zero-order valence-corrected chi connectivity index (χ0v) is 14.4. The van der Waals surface area contributed by atoms with Gasteiger partial charge in [0.15, 0.2) is 6.61 Å². The predicted octanol–water partition coefficient (Wildman–Crippen LogP) is 3.25. The van der Waals surface area contributed by atoms with Crippen LogP contribution in [0, 0.1) is 17.0 Å². The van der Waals surface area contributed by atoms with Crippen molar-refractivity contribution in [3.63, 3.8) is 0 Å². The molecule has 0 saturated heterocycles. The van der Waals surface area contributed by atoms with Crippen molar-refractivity contribution < 1.29 is 19.2 Å². The third-order valence-corrected chi connectivity index (χ3v) is 5.19. The van der Waals surface area contributed by atoms with Gasteiger partial charge in [0.2, 0.25) is 0 Å². The average molecular weight is 360 g/mol. The Morgan fingerprint density at radius 1 is 1.32 bits per heavy atom. The Hall–Kier alpha value is -2.74. The second-order valence-electron chi connectivity index (χ2n) is 5.79. The Morgan fingerprint density at radius 2 is 2.12 bits per heavy atom. The van der Waals surface area contributed by atoms with Crippen LogP contribution in [-0.2, 0) is 22.4 Å². The van der Waals surface area contributed by atoms with E-state index in [1.165, 1.54) is 40.0 Å². The Bertz CT molecular complexity index is 837. The summed E-state index contributed by atoms with van der Waals surface area (Å²) in [5, 5.41) is 13.3. The number of amides is 1. The standard InChI is InChI=1S/C17H16N2O5S/c1-10-7-12(19(22)23)5-6-13(10)18-16(20)9-24-17(21)15-8-11-3-2-4-14(11)25-15/h5-8H,2-4,9H2,1H3,(H,18,20). The van der Waals surface area contributed by atoms with Crippen LogP contribution in [0.5, 0.6) is 0 Å². The Kier molecular flexibility index (Phi) is 4.80. The minimum atomic E-state index is -0.505. The van der Waals surface area contributed by atoms with Gasteiger partial charge in [-0.2, -0.15) is 0 Å². The van der Waals surface area contributed by atoms with Gasteiger partial charge in [-0.3, -0.25) is 14.9 Å². The second-order valence-corrected chi connectivity index (χ2v) is 6.93. The normalized spacial score (nSPS) is 12.5. The zero-order valence-electron chi connectivity index (χ0n) is 13.5. The molecule has 25 heavy (non-hydrogen) atoms. The summed E-state index contributed by atoms with van der Waals surface area (Å²) in [7, 11) is 0. The molecule has 0 bridgehead atoms. The third kappa shape index (κ3) is 3.85. The van der Waals surface area contributed by atoms with Crippen LogP contribution in [0.2, 0.25) is 0 Å². The van der Waals surface area contributed by atoms with E-state index in [9.17, 15) is 19.7 Å². The molecule has 0 fully saturated rings. The number of nitro benzene ring substituents is 1. The molecule has 0 radical (unpaired) electrons. The summed E-state index contributed by atoms with van der Waals surface area (Å²) in [6.07, 6.45) is 3.10. The van der Waals surface area contributed by atoms with Crippen LogP contribution >= 0.6 is 11.3 Å². The maximum Gasteiger partial charge on any atom is 0.348 e. The number of carbonyl (C=O) groups is 2. The molecule has 1 aromatic carbocycles. The van der Waals surface area contributed by atoms with E-state index in [2.05, 4.69) is 5.32 Å². The Morgan fingerprint density at radius 3 is 2.80 bits per heavy atom. The highest BCUT2D eigenvalue weighted by Crippen LogP contribution is 2.30. The highest BCUT2D eigenvalue weighted by molar-refractivity contribution is 7.14. The minimum absolute atomic E-state index is 0.0485. The molecule has 8 heteroatoms. The molecule has 1 aliphatic carbocycles. The molecule has 0 unspecified atom stereocenters. The first-order chi connectivity index (χ1) is 11.9. The van der Waals surface area contributed by atoms with Crippen LogP contribution < -0.4 is 5.32 Å². The molecular weight excluding hydrogens is 344 g/mol. The van der Waals surface area contributed by atoms with Crippen LogP contribution in [0.4, 0.5) is 11.4 Å². The summed E-state index contributed by atoms with van der Waals surface area (Å²) in [4.78, 5) is 35.9. The van der Waals surface area contributed by atoms with Gasteiger partial charge in [-0.25, -0.2) is 4.79 Å². The molecule has 2 aromatic rings. The summed E-state index contributed by atoms with van der Waals surface area (Å²) in [5.41, 5.74) is 2.15. The van der Waals surface area contributed by atoms with Crippen LogP contribution in [0.1, 0.15) is 32.1 Å². The number of hydrogen-bond acceptors (Lipinski definition) is 6. The van der Waals surface area contributed by atoms with Crippen LogP contribution in [0.3, 0.4) is 0 Å². The molecule has 3 rings (SSSR count). The lowest BCUT2D eigenvalue weighted by Crippen LogP contribution is -2.21. The van der Waals surface area contributed by atoms with Gasteiger partial charge in [-0.15, -0.1) is 11.3 Å². The van der Waals surface area contributed by atoms with Gasteiger partial charge in [0.1, 0.15) is 4.88 Å². The van der Waals surface area contributed by atoms with Crippen molar-refractivity contribution >= 4 is 34.6 Å². The fraction of sp³-hybridized carbons (Fsp3) is 0.294. The molecule has 1 heterocycles. The number of ether oxygens (including phenoxy) is 1. The molecular formula is C17H16N2O5S. The average Bonchev–Trinajstić information content (AvgIpc) is 3.16. The third-order valence-electron chi connectivity index (χ3n) is 3.98.